The first-order chi connectivity index (χ1) is 14.0. The number of rotatable bonds is 4. The summed E-state index contributed by atoms with van der Waals surface area (Å²) in [6.45, 7) is 0.672. The molecule has 0 N–H and O–H groups in total. The van der Waals surface area contributed by atoms with Crippen LogP contribution in [0, 0.1) is 17.1 Å². The first-order valence-corrected chi connectivity index (χ1v) is 8.61. The lowest BCUT2D eigenvalue weighted by Crippen LogP contribution is -2.43. The van der Waals surface area contributed by atoms with Gasteiger partial charge in [0, 0.05) is 6.07 Å². The van der Waals surface area contributed by atoms with E-state index in [0.717, 1.165) is 18.2 Å². The van der Waals surface area contributed by atoms with Gasteiger partial charge in [-0.05, 0) is 37.3 Å². The molecule has 0 aromatic heterocycles. The van der Waals surface area contributed by atoms with Gasteiger partial charge in [0.2, 0.25) is 5.60 Å². The average Bonchev–Trinajstić information content (AvgIpc) is 2.90. The van der Waals surface area contributed by atoms with Gasteiger partial charge < -0.3 is 9.47 Å². The van der Waals surface area contributed by atoms with E-state index < -0.39 is 53.0 Å². The van der Waals surface area contributed by atoms with Crippen LogP contribution in [0.2, 0.25) is 5.02 Å². The SMILES string of the molecule is CC1(COc2ccc(Cl)c(F)c2)OC(=O)N(c2ccc(C#N)c(C(F)(F)F)c2)C1=O. The van der Waals surface area contributed by atoms with E-state index in [2.05, 4.69) is 0 Å². The van der Waals surface area contributed by atoms with Crippen molar-refractivity contribution in [2.45, 2.75) is 18.7 Å². The van der Waals surface area contributed by atoms with Gasteiger partial charge in [0.05, 0.1) is 27.9 Å². The van der Waals surface area contributed by atoms with Crippen LogP contribution in [0.5, 0.6) is 5.75 Å². The number of ether oxygens (including phenoxy) is 2. The summed E-state index contributed by atoms with van der Waals surface area (Å²) in [7, 11) is 0. The van der Waals surface area contributed by atoms with E-state index in [1.165, 1.54) is 25.1 Å². The van der Waals surface area contributed by atoms with Crippen LogP contribution in [-0.4, -0.2) is 24.2 Å². The highest BCUT2D eigenvalue weighted by Crippen LogP contribution is 2.37. The van der Waals surface area contributed by atoms with Gasteiger partial charge >= 0.3 is 12.3 Å². The molecule has 0 aliphatic carbocycles. The molecule has 11 heteroatoms. The summed E-state index contributed by atoms with van der Waals surface area (Å²) >= 11 is 5.57. The van der Waals surface area contributed by atoms with E-state index in [9.17, 15) is 27.2 Å². The molecule has 0 saturated carbocycles. The molecule has 1 heterocycles. The quantitative estimate of drug-likeness (QED) is 0.642. The number of carbonyl (C=O) groups excluding carboxylic acids is 2. The Kier molecular flexibility index (Phi) is 5.34. The monoisotopic (exact) mass is 442 g/mol. The van der Waals surface area contributed by atoms with Crippen molar-refractivity contribution in [1.82, 2.24) is 0 Å². The molecule has 1 saturated heterocycles. The van der Waals surface area contributed by atoms with Gasteiger partial charge in [0.1, 0.15) is 18.2 Å². The second kappa shape index (κ2) is 7.50. The van der Waals surface area contributed by atoms with E-state index in [0.29, 0.717) is 11.0 Å². The van der Waals surface area contributed by atoms with Gasteiger partial charge in [0.25, 0.3) is 5.91 Å². The van der Waals surface area contributed by atoms with Crippen molar-refractivity contribution in [1.29, 1.82) is 5.26 Å². The highest BCUT2D eigenvalue weighted by Gasteiger charge is 2.52. The number of benzene rings is 2. The van der Waals surface area contributed by atoms with Crippen LogP contribution in [0.4, 0.5) is 28.0 Å². The van der Waals surface area contributed by atoms with Crippen molar-refractivity contribution in [3.05, 3.63) is 58.4 Å². The highest BCUT2D eigenvalue weighted by molar-refractivity contribution is 6.30. The number of nitrogens with zero attached hydrogens (tertiary/aromatic N) is 2. The molecule has 30 heavy (non-hydrogen) atoms. The molecule has 0 spiro atoms. The van der Waals surface area contributed by atoms with Crippen molar-refractivity contribution >= 4 is 29.3 Å². The molecule has 1 aliphatic heterocycles. The standard InChI is InChI=1S/C19H11ClF4N2O4/c1-18(9-29-12-4-5-14(20)15(21)7-12)16(27)26(17(28)30-18)11-3-2-10(8-25)13(6-11)19(22,23)24/h2-7H,9H2,1H3. The first kappa shape index (κ1) is 21.4. The molecular formula is C19H11ClF4N2O4. The Morgan fingerprint density at radius 2 is 1.93 bits per heavy atom. The van der Waals surface area contributed by atoms with Gasteiger partial charge in [-0.25, -0.2) is 14.1 Å². The molecule has 1 aliphatic rings. The Labute approximate surface area is 172 Å². The number of nitriles is 1. The van der Waals surface area contributed by atoms with Crippen molar-refractivity contribution in [3.8, 4) is 11.8 Å². The third-order valence-corrected chi connectivity index (χ3v) is 4.55. The van der Waals surface area contributed by atoms with Gasteiger partial charge in [-0.15, -0.1) is 0 Å². The largest absolute Gasteiger partial charge is 0.489 e. The fourth-order valence-electron chi connectivity index (χ4n) is 2.71. The van der Waals surface area contributed by atoms with Gasteiger partial charge in [-0.2, -0.15) is 18.4 Å². The molecular weight excluding hydrogens is 432 g/mol. The van der Waals surface area contributed by atoms with Crippen molar-refractivity contribution < 1.29 is 36.6 Å². The smallest absolute Gasteiger partial charge is 0.422 e. The summed E-state index contributed by atoms with van der Waals surface area (Å²) in [5.41, 5.74) is -4.26. The molecule has 1 fully saturated rings. The summed E-state index contributed by atoms with van der Waals surface area (Å²) < 4.78 is 63.4. The fourth-order valence-corrected chi connectivity index (χ4v) is 2.82. The summed E-state index contributed by atoms with van der Waals surface area (Å²) in [6.07, 6.45) is -6.09. The van der Waals surface area contributed by atoms with Crippen LogP contribution >= 0.6 is 11.6 Å². The van der Waals surface area contributed by atoms with E-state index >= 15 is 0 Å². The predicted octanol–water partition coefficient (Wildman–Crippen LogP) is 4.69. The molecule has 2 aromatic carbocycles. The Morgan fingerprint density at radius 1 is 1.23 bits per heavy atom. The molecule has 0 bridgehead atoms. The number of imide groups is 1. The Hall–Kier alpha value is -3.32. The lowest BCUT2D eigenvalue weighted by molar-refractivity contribution is -0.137. The first-order valence-electron chi connectivity index (χ1n) is 8.23. The molecule has 6 nitrogen and oxygen atoms in total. The molecule has 0 radical (unpaired) electrons. The van der Waals surface area contributed by atoms with Gasteiger partial charge in [-0.3, -0.25) is 4.79 Å². The Balaban J connectivity index is 1.87. The lowest BCUT2D eigenvalue weighted by atomic mass is 10.0. The zero-order chi connectivity index (χ0) is 22.3. The zero-order valence-corrected chi connectivity index (χ0v) is 15.8. The minimum absolute atomic E-state index is 0.00171. The van der Waals surface area contributed by atoms with Crippen molar-refractivity contribution in [3.63, 3.8) is 0 Å². The number of halogens is 5. The van der Waals surface area contributed by atoms with E-state index in [4.69, 9.17) is 26.3 Å². The van der Waals surface area contributed by atoms with Crippen LogP contribution in [0.15, 0.2) is 36.4 Å². The fraction of sp³-hybridized carbons (Fsp3) is 0.211. The van der Waals surface area contributed by atoms with Crippen LogP contribution in [0.25, 0.3) is 0 Å². The number of alkyl halides is 3. The summed E-state index contributed by atoms with van der Waals surface area (Å²) in [4.78, 5) is 25.4. The Morgan fingerprint density at radius 3 is 2.53 bits per heavy atom. The van der Waals surface area contributed by atoms with Gasteiger partial charge in [0.15, 0.2) is 0 Å². The molecule has 3 rings (SSSR count). The van der Waals surface area contributed by atoms with Crippen LogP contribution in [-0.2, 0) is 15.7 Å². The third-order valence-electron chi connectivity index (χ3n) is 4.24. The lowest BCUT2D eigenvalue weighted by Gasteiger charge is -2.20. The number of hydrogen-bond acceptors (Lipinski definition) is 5. The van der Waals surface area contributed by atoms with E-state index in [1.807, 2.05) is 0 Å². The number of amides is 2. The average molecular weight is 443 g/mol. The predicted molar refractivity (Wildman–Crippen MR) is 95.4 cm³/mol. The van der Waals surface area contributed by atoms with E-state index in [1.54, 1.807) is 0 Å². The zero-order valence-electron chi connectivity index (χ0n) is 15.1. The molecule has 1 unspecified atom stereocenters. The van der Waals surface area contributed by atoms with Gasteiger partial charge in [-0.1, -0.05) is 11.6 Å². The van der Waals surface area contributed by atoms with Crippen LogP contribution < -0.4 is 9.64 Å². The Bertz CT molecular complexity index is 1080. The minimum Gasteiger partial charge on any atom is -0.489 e. The van der Waals surface area contributed by atoms with Crippen molar-refractivity contribution in [2.75, 3.05) is 11.5 Å². The summed E-state index contributed by atoms with van der Waals surface area (Å²) in [6, 6.07) is 7.29. The number of carbonyl (C=O) groups is 2. The topological polar surface area (TPSA) is 79.6 Å². The van der Waals surface area contributed by atoms with E-state index in [-0.39, 0.29) is 10.8 Å². The maximum Gasteiger partial charge on any atom is 0.422 e. The maximum atomic E-state index is 13.5. The van der Waals surface area contributed by atoms with Crippen LogP contribution in [0.3, 0.4) is 0 Å². The molecule has 2 amide bonds. The molecule has 156 valence electrons. The highest BCUT2D eigenvalue weighted by atomic mass is 35.5. The number of cyclic esters (lactones) is 1. The van der Waals surface area contributed by atoms with Crippen LogP contribution in [0.1, 0.15) is 18.1 Å². The third kappa shape index (κ3) is 3.89. The second-order valence-electron chi connectivity index (χ2n) is 6.44. The van der Waals surface area contributed by atoms with Crippen molar-refractivity contribution in [2.24, 2.45) is 0 Å². The maximum absolute atomic E-state index is 13.5. The molecule has 2 aromatic rings. The molecule has 1 atom stereocenters. The summed E-state index contributed by atoms with van der Waals surface area (Å²) in [5, 5.41) is 8.72. The normalized spacial score (nSPS) is 18.9. The minimum atomic E-state index is -4.88. The second-order valence-corrected chi connectivity index (χ2v) is 6.85. The number of hydrogen-bond donors (Lipinski definition) is 0. The number of anilines is 1. The summed E-state index contributed by atoms with van der Waals surface area (Å²) in [5.74, 6) is -1.76.